The van der Waals surface area contributed by atoms with Gasteiger partial charge < -0.3 is 10.6 Å². The lowest BCUT2D eigenvalue weighted by Gasteiger charge is -2.23. The van der Waals surface area contributed by atoms with Gasteiger partial charge in [0.15, 0.2) is 0 Å². The first kappa shape index (κ1) is 20.1. The van der Waals surface area contributed by atoms with Gasteiger partial charge >= 0.3 is 0 Å². The van der Waals surface area contributed by atoms with Crippen molar-refractivity contribution in [3.05, 3.63) is 0 Å². The number of rotatable bonds is 8. The number of carbonyl (C=O) groups excluding carboxylic acids is 1. The van der Waals surface area contributed by atoms with E-state index in [1.807, 2.05) is 0 Å². The maximum atomic E-state index is 12.3. The number of nitriles is 1. The van der Waals surface area contributed by atoms with Crippen molar-refractivity contribution in [3.8, 4) is 6.07 Å². The smallest absolute Gasteiger partial charge is 0.240 e. The molecule has 3 N–H and O–H groups in total. The molecule has 7 nitrogen and oxygen atoms in total. The fraction of sp³-hybridized carbons (Fsp3) is 0.882. The molecule has 0 spiro atoms. The first-order valence-electron chi connectivity index (χ1n) is 9.40. The fourth-order valence-corrected chi connectivity index (χ4v) is 5.32. The molecule has 1 saturated heterocycles. The van der Waals surface area contributed by atoms with Crippen molar-refractivity contribution < 1.29 is 13.2 Å². The van der Waals surface area contributed by atoms with Crippen LogP contribution in [0.25, 0.3) is 0 Å². The minimum absolute atomic E-state index is 0.160. The van der Waals surface area contributed by atoms with E-state index in [0.717, 1.165) is 44.9 Å². The zero-order valence-electron chi connectivity index (χ0n) is 14.8. The fourth-order valence-electron chi connectivity index (χ4n) is 3.70. The summed E-state index contributed by atoms with van der Waals surface area (Å²) in [6, 6.07) is 1.19. The second kappa shape index (κ2) is 9.51. The summed E-state index contributed by atoms with van der Waals surface area (Å²) in [5, 5.41) is 8.80. The maximum absolute atomic E-state index is 12.3. The highest BCUT2D eigenvalue weighted by Gasteiger charge is 2.31. The Bertz CT molecular complexity index is 581. The van der Waals surface area contributed by atoms with Crippen LogP contribution in [0.2, 0.25) is 0 Å². The Labute approximate surface area is 151 Å². The van der Waals surface area contributed by atoms with E-state index in [1.54, 1.807) is 4.90 Å². The van der Waals surface area contributed by atoms with Crippen LogP contribution in [-0.2, 0) is 14.8 Å². The average molecular weight is 371 g/mol. The highest BCUT2D eigenvalue weighted by Crippen LogP contribution is 2.23. The molecule has 0 bridgehead atoms. The molecule has 2 fully saturated rings. The number of nitrogens with one attached hydrogen (secondary N) is 1. The van der Waals surface area contributed by atoms with Gasteiger partial charge in [-0.2, -0.15) is 5.26 Å². The number of nitrogens with zero attached hydrogens (tertiary/aromatic N) is 2. The van der Waals surface area contributed by atoms with E-state index in [2.05, 4.69) is 10.8 Å². The van der Waals surface area contributed by atoms with Gasteiger partial charge in [0, 0.05) is 13.1 Å². The molecule has 0 aromatic heterocycles. The van der Waals surface area contributed by atoms with Crippen molar-refractivity contribution in [3.63, 3.8) is 0 Å². The van der Waals surface area contributed by atoms with Crippen LogP contribution in [0, 0.1) is 11.3 Å². The van der Waals surface area contributed by atoms with Crippen molar-refractivity contribution in [1.29, 1.82) is 5.26 Å². The molecular weight excluding hydrogens is 340 g/mol. The molecule has 8 heteroatoms. The summed E-state index contributed by atoms with van der Waals surface area (Å²) in [5.41, 5.74) is 5.96. The molecule has 2 atom stereocenters. The number of sulfonamides is 1. The SMILES string of the molecule is N#C[C@@H]1CCCN1C(=O)[C@@H](N)CCCCNS(=O)(=O)C1CCCCC1. The van der Waals surface area contributed by atoms with Gasteiger partial charge in [-0.25, -0.2) is 13.1 Å². The monoisotopic (exact) mass is 370 g/mol. The van der Waals surface area contributed by atoms with E-state index in [4.69, 9.17) is 11.0 Å². The third kappa shape index (κ3) is 5.66. The van der Waals surface area contributed by atoms with Crippen LogP contribution in [0.1, 0.15) is 64.2 Å². The highest BCUT2D eigenvalue weighted by atomic mass is 32.2. The number of unbranched alkanes of at least 4 members (excludes halogenated alkanes) is 1. The summed E-state index contributed by atoms with van der Waals surface area (Å²) in [6.07, 6.45) is 8.04. The maximum Gasteiger partial charge on any atom is 0.240 e. The van der Waals surface area contributed by atoms with Crippen LogP contribution < -0.4 is 10.5 Å². The van der Waals surface area contributed by atoms with Gasteiger partial charge in [0.1, 0.15) is 6.04 Å². The molecule has 0 aromatic carbocycles. The van der Waals surface area contributed by atoms with E-state index >= 15 is 0 Å². The summed E-state index contributed by atoms with van der Waals surface area (Å²) >= 11 is 0. The van der Waals surface area contributed by atoms with Crippen LogP contribution in [-0.4, -0.2) is 49.6 Å². The third-order valence-electron chi connectivity index (χ3n) is 5.24. The molecule has 2 aliphatic rings. The summed E-state index contributed by atoms with van der Waals surface area (Å²) in [7, 11) is -3.22. The second-order valence-corrected chi connectivity index (χ2v) is 9.17. The lowest BCUT2D eigenvalue weighted by Crippen LogP contribution is -2.45. The van der Waals surface area contributed by atoms with Gasteiger partial charge in [-0.05, 0) is 38.5 Å². The lowest BCUT2D eigenvalue weighted by molar-refractivity contribution is -0.132. The molecule has 1 amide bonds. The first-order valence-corrected chi connectivity index (χ1v) is 10.9. The Morgan fingerprint density at radius 3 is 2.60 bits per heavy atom. The predicted molar refractivity (Wildman–Crippen MR) is 96.0 cm³/mol. The van der Waals surface area contributed by atoms with Gasteiger partial charge in [-0.3, -0.25) is 4.79 Å². The topological polar surface area (TPSA) is 116 Å². The zero-order valence-corrected chi connectivity index (χ0v) is 15.6. The Kier molecular flexibility index (Phi) is 7.66. The molecule has 0 radical (unpaired) electrons. The standard InChI is InChI=1S/C17H30N4O3S/c18-13-14-7-6-12-21(14)17(22)16(19)10-4-5-11-20-25(23,24)15-8-2-1-3-9-15/h14-16,20H,1-12,19H2/t14-,16-/m0/s1. The van der Waals surface area contributed by atoms with E-state index in [-0.39, 0.29) is 17.2 Å². The highest BCUT2D eigenvalue weighted by molar-refractivity contribution is 7.90. The van der Waals surface area contributed by atoms with Gasteiger partial charge in [-0.1, -0.05) is 25.7 Å². The van der Waals surface area contributed by atoms with Crippen molar-refractivity contribution in [1.82, 2.24) is 9.62 Å². The number of amides is 1. The van der Waals surface area contributed by atoms with Crippen LogP contribution in [0.4, 0.5) is 0 Å². The largest absolute Gasteiger partial charge is 0.325 e. The van der Waals surface area contributed by atoms with E-state index in [0.29, 0.717) is 32.4 Å². The van der Waals surface area contributed by atoms with Crippen LogP contribution >= 0.6 is 0 Å². The second-order valence-electron chi connectivity index (χ2n) is 7.12. The Morgan fingerprint density at radius 2 is 1.92 bits per heavy atom. The average Bonchev–Trinajstić information content (AvgIpc) is 3.10. The van der Waals surface area contributed by atoms with E-state index < -0.39 is 16.1 Å². The summed E-state index contributed by atoms with van der Waals surface area (Å²) in [6.45, 7) is 0.996. The van der Waals surface area contributed by atoms with Gasteiger partial charge in [0.25, 0.3) is 0 Å². The minimum atomic E-state index is -3.22. The predicted octanol–water partition coefficient (Wildman–Crippen LogP) is 1.25. The summed E-state index contributed by atoms with van der Waals surface area (Å²) in [5.74, 6) is -0.160. The normalized spacial score (nSPS) is 23.4. The Morgan fingerprint density at radius 1 is 1.20 bits per heavy atom. The van der Waals surface area contributed by atoms with Crippen LogP contribution in [0.15, 0.2) is 0 Å². The third-order valence-corrected chi connectivity index (χ3v) is 7.19. The Balaban J connectivity index is 1.65. The van der Waals surface area contributed by atoms with Gasteiger partial charge in [0.2, 0.25) is 15.9 Å². The molecule has 142 valence electrons. The molecule has 0 unspecified atom stereocenters. The first-order chi connectivity index (χ1) is 12.0. The molecular formula is C17H30N4O3S. The molecule has 1 aliphatic heterocycles. The number of carbonyl (C=O) groups is 1. The zero-order chi connectivity index (χ0) is 18.3. The molecule has 25 heavy (non-hydrogen) atoms. The number of hydrogen-bond acceptors (Lipinski definition) is 5. The van der Waals surface area contributed by atoms with E-state index in [9.17, 15) is 13.2 Å². The minimum Gasteiger partial charge on any atom is -0.325 e. The van der Waals surface area contributed by atoms with Crippen LogP contribution in [0.5, 0.6) is 0 Å². The van der Waals surface area contributed by atoms with Crippen molar-refractivity contribution >= 4 is 15.9 Å². The summed E-state index contributed by atoms with van der Waals surface area (Å²) in [4.78, 5) is 13.9. The molecule has 0 aromatic rings. The van der Waals surface area contributed by atoms with Crippen LogP contribution in [0.3, 0.4) is 0 Å². The van der Waals surface area contributed by atoms with Crippen molar-refractivity contribution in [2.24, 2.45) is 5.73 Å². The van der Waals surface area contributed by atoms with Crippen molar-refractivity contribution in [2.75, 3.05) is 13.1 Å². The molecule has 1 saturated carbocycles. The Hall–Kier alpha value is -1.17. The van der Waals surface area contributed by atoms with Gasteiger partial charge in [-0.15, -0.1) is 0 Å². The number of nitrogens with two attached hydrogens (primary N) is 1. The quantitative estimate of drug-likeness (QED) is 0.624. The summed E-state index contributed by atoms with van der Waals surface area (Å²) < 4.78 is 27.1. The number of hydrogen-bond donors (Lipinski definition) is 2. The molecule has 1 heterocycles. The lowest BCUT2D eigenvalue weighted by atomic mass is 10.0. The van der Waals surface area contributed by atoms with Gasteiger partial charge in [0.05, 0.1) is 17.4 Å². The van der Waals surface area contributed by atoms with E-state index in [1.165, 1.54) is 0 Å². The van der Waals surface area contributed by atoms with Crippen molar-refractivity contribution in [2.45, 2.75) is 81.5 Å². The molecule has 1 aliphatic carbocycles. The number of likely N-dealkylation sites (tertiary alicyclic amines) is 1. The molecule has 2 rings (SSSR count).